The summed E-state index contributed by atoms with van der Waals surface area (Å²) < 4.78 is 13.9. The molecule has 0 aliphatic rings. The number of benzene rings is 1. The molecule has 0 atom stereocenters. The summed E-state index contributed by atoms with van der Waals surface area (Å²) in [5.74, 6) is -0.387. The smallest absolute Gasteiger partial charge is 0.143 e. The molecule has 4 heteroatoms. The molecule has 0 aliphatic carbocycles. The summed E-state index contributed by atoms with van der Waals surface area (Å²) in [4.78, 5) is 2.92. The summed E-state index contributed by atoms with van der Waals surface area (Å²) in [6, 6.07) is 3.09. The maximum atomic E-state index is 12.9. The minimum absolute atomic E-state index is 0.162. The first-order chi connectivity index (χ1) is 5.70. The fourth-order valence-corrected chi connectivity index (χ4v) is 1.93. The molecular weight excluding hydrogens is 291 g/mol. The number of aromatic amines is 1. The Balaban J connectivity index is 2.93. The number of H-pyrrole nitrogens is 1. The van der Waals surface area contributed by atoms with Gasteiger partial charge >= 0.3 is 0 Å². The molecule has 12 heavy (non-hydrogen) atoms. The Morgan fingerprint density at radius 3 is 2.92 bits per heavy atom. The number of hydrogen-bond donors (Lipinski definition) is 1. The van der Waals surface area contributed by atoms with Crippen LogP contribution in [0.1, 0.15) is 0 Å². The van der Waals surface area contributed by atoms with E-state index in [9.17, 15) is 4.39 Å². The van der Waals surface area contributed by atoms with Crippen molar-refractivity contribution in [2.24, 2.45) is 0 Å². The number of rotatable bonds is 0. The second-order valence-electron chi connectivity index (χ2n) is 2.42. The first kappa shape index (κ1) is 8.31. The lowest BCUT2D eigenvalue weighted by Gasteiger charge is -1.95. The molecule has 1 aromatic carbocycles. The van der Waals surface area contributed by atoms with Crippen molar-refractivity contribution in [3.05, 3.63) is 32.7 Å². The zero-order chi connectivity index (χ0) is 8.72. The van der Waals surface area contributed by atoms with E-state index in [4.69, 9.17) is 11.6 Å². The van der Waals surface area contributed by atoms with Gasteiger partial charge in [0.1, 0.15) is 10.8 Å². The fraction of sp³-hybridized carbons (Fsp3) is 0. The van der Waals surface area contributed by atoms with Gasteiger partial charge in [-0.15, -0.1) is 0 Å². The third kappa shape index (κ3) is 1.11. The summed E-state index contributed by atoms with van der Waals surface area (Å²) in [5.41, 5.74) is 0.668. The van der Waals surface area contributed by atoms with Crippen LogP contribution < -0.4 is 0 Å². The minimum Gasteiger partial charge on any atom is -0.359 e. The van der Waals surface area contributed by atoms with Gasteiger partial charge < -0.3 is 4.98 Å². The molecule has 0 radical (unpaired) electrons. The predicted octanol–water partition coefficient (Wildman–Crippen LogP) is 3.57. The van der Waals surface area contributed by atoms with Crippen LogP contribution in [0.15, 0.2) is 18.3 Å². The summed E-state index contributed by atoms with van der Waals surface area (Å²) in [5, 5.41) is 1.12. The minimum atomic E-state index is -0.387. The van der Waals surface area contributed by atoms with Gasteiger partial charge in [0.15, 0.2) is 0 Å². The highest BCUT2D eigenvalue weighted by Gasteiger charge is 2.07. The van der Waals surface area contributed by atoms with Crippen molar-refractivity contribution >= 4 is 45.1 Å². The first-order valence-corrected chi connectivity index (χ1v) is 4.76. The second kappa shape index (κ2) is 2.88. The summed E-state index contributed by atoms with van der Waals surface area (Å²) in [6.45, 7) is 0. The Bertz CT molecular complexity index is 438. The van der Waals surface area contributed by atoms with Gasteiger partial charge in [0, 0.05) is 15.2 Å². The topological polar surface area (TPSA) is 15.8 Å². The number of fused-ring (bicyclic) bond motifs is 1. The van der Waals surface area contributed by atoms with Crippen molar-refractivity contribution < 1.29 is 4.39 Å². The molecule has 2 rings (SSSR count). The van der Waals surface area contributed by atoms with E-state index < -0.39 is 0 Å². The monoisotopic (exact) mass is 295 g/mol. The van der Waals surface area contributed by atoms with Gasteiger partial charge in [-0.05, 0) is 34.7 Å². The fourth-order valence-electron chi connectivity index (χ4n) is 1.10. The molecule has 2 aromatic rings. The molecule has 0 amide bonds. The molecular formula is C8H4ClFIN. The van der Waals surface area contributed by atoms with E-state index in [1.165, 1.54) is 6.07 Å². The molecule has 1 N–H and O–H groups in total. The standard InChI is InChI=1S/C8H4ClFIN/c9-7-5(10)2-1-4-6(11)3-12-8(4)7/h1-3,12H. The molecule has 0 spiro atoms. The van der Waals surface area contributed by atoms with Crippen LogP contribution in [0.25, 0.3) is 10.9 Å². The van der Waals surface area contributed by atoms with Crippen LogP contribution in [0.5, 0.6) is 0 Å². The number of hydrogen-bond acceptors (Lipinski definition) is 0. The molecule has 0 saturated heterocycles. The van der Waals surface area contributed by atoms with E-state index in [0.717, 1.165) is 8.96 Å². The lowest BCUT2D eigenvalue weighted by atomic mass is 10.2. The number of aromatic nitrogens is 1. The molecule has 1 aromatic heterocycles. The van der Waals surface area contributed by atoms with E-state index in [1.807, 2.05) is 0 Å². The van der Waals surface area contributed by atoms with Gasteiger partial charge in [-0.3, -0.25) is 0 Å². The van der Waals surface area contributed by atoms with Crippen LogP contribution in [-0.2, 0) is 0 Å². The van der Waals surface area contributed by atoms with Crippen LogP contribution in [0.3, 0.4) is 0 Å². The third-order valence-electron chi connectivity index (χ3n) is 1.70. The van der Waals surface area contributed by atoms with E-state index >= 15 is 0 Å². The SMILES string of the molecule is Fc1ccc2c(I)c[nH]c2c1Cl. The van der Waals surface area contributed by atoms with Gasteiger partial charge in [0.2, 0.25) is 0 Å². The lowest BCUT2D eigenvalue weighted by Crippen LogP contribution is -1.77. The number of halogens is 3. The molecule has 0 aliphatic heterocycles. The Labute approximate surface area is 87.1 Å². The zero-order valence-electron chi connectivity index (χ0n) is 5.87. The summed E-state index contributed by atoms with van der Waals surface area (Å²) in [6.07, 6.45) is 1.80. The maximum Gasteiger partial charge on any atom is 0.143 e. The highest BCUT2D eigenvalue weighted by atomic mass is 127. The van der Waals surface area contributed by atoms with Gasteiger partial charge in [0.05, 0.1) is 5.52 Å². The van der Waals surface area contributed by atoms with Gasteiger partial charge in [0.25, 0.3) is 0 Å². The number of nitrogens with one attached hydrogen (secondary N) is 1. The predicted molar refractivity (Wildman–Crippen MR) is 56.0 cm³/mol. The molecule has 0 fully saturated rings. The average Bonchev–Trinajstić information content (AvgIpc) is 2.41. The van der Waals surface area contributed by atoms with E-state index in [1.54, 1.807) is 12.3 Å². The maximum absolute atomic E-state index is 12.9. The first-order valence-electron chi connectivity index (χ1n) is 3.30. The van der Waals surface area contributed by atoms with Crippen molar-refractivity contribution in [1.82, 2.24) is 4.98 Å². The highest BCUT2D eigenvalue weighted by Crippen LogP contribution is 2.28. The van der Waals surface area contributed by atoms with Gasteiger partial charge in [-0.2, -0.15) is 0 Å². The van der Waals surface area contributed by atoms with Crippen molar-refractivity contribution in [2.45, 2.75) is 0 Å². The van der Waals surface area contributed by atoms with Crippen LogP contribution >= 0.6 is 34.2 Å². The van der Waals surface area contributed by atoms with Crippen LogP contribution in [-0.4, -0.2) is 4.98 Å². The molecule has 0 unspecified atom stereocenters. The quantitative estimate of drug-likeness (QED) is 0.715. The Hall–Kier alpha value is -0.290. The van der Waals surface area contributed by atoms with E-state index in [2.05, 4.69) is 27.6 Å². The highest BCUT2D eigenvalue weighted by molar-refractivity contribution is 14.1. The second-order valence-corrected chi connectivity index (χ2v) is 3.96. The summed E-state index contributed by atoms with van der Waals surface area (Å²) >= 11 is 7.90. The Kier molecular flexibility index (Phi) is 2.00. The van der Waals surface area contributed by atoms with Crippen LogP contribution in [0, 0.1) is 9.39 Å². The molecule has 62 valence electrons. The van der Waals surface area contributed by atoms with Crippen molar-refractivity contribution in [2.75, 3.05) is 0 Å². The molecule has 1 heterocycles. The van der Waals surface area contributed by atoms with Crippen molar-refractivity contribution in [1.29, 1.82) is 0 Å². The van der Waals surface area contributed by atoms with Crippen molar-refractivity contribution in [3.63, 3.8) is 0 Å². The molecule has 0 bridgehead atoms. The third-order valence-corrected chi connectivity index (χ3v) is 2.96. The normalized spacial score (nSPS) is 10.9. The van der Waals surface area contributed by atoms with Gasteiger partial charge in [-0.1, -0.05) is 11.6 Å². The largest absolute Gasteiger partial charge is 0.359 e. The van der Waals surface area contributed by atoms with Gasteiger partial charge in [-0.25, -0.2) is 4.39 Å². The van der Waals surface area contributed by atoms with Crippen LogP contribution in [0.2, 0.25) is 5.02 Å². The Morgan fingerprint density at radius 1 is 1.42 bits per heavy atom. The van der Waals surface area contributed by atoms with Crippen LogP contribution in [0.4, 0.5) is 4.39 Å². The van der Waals surface area contributed by atoms with Crippen molar-refractivity contribution in [3.8, 4) is 0 Å². The lowest BCUT2D eigenvalue weighted by molar-refractivity contribution is 0.630. The molecule has 1 nitrogen and oxygen atoms in total. The van der Waals surface area contributed by atoms with E-state index in [-0.39, 0.29) is 10.8 Å². The Morgan fingerprint density at radius 2 is 2.17 bits per heavy atom. The molecule has 0 saturated carbocycles. The zero-order valence-corrected chi connectivity index (χ0v) is 8.78. The summed E-state index contributed by atoms with van der Waals surface area (Å²) in [7, 11) is 0. The van der Waals surface area contributed by atoms with E-state index in [0.29, 0.717) is 5.52 Å². The average molecular weight is 295 g/mol.